The molecule has 1 aliphatic heterocycles. The van der Waals surface area contributed by atoms with Crippen molar-refractivity contribution >= 4 is 10.9 Å². The quantitative estimate of drug-likeness (QED) is 0.821. The minimum Gasteiger partial charge on any atom is -0.396 e. The first kappa shape index (κ1) is 13.7. The minimum atomic E-state index is 0.325. The summed E-state index contributed by atoms with van der Waals surface area (Å²) in [5.41, 5.74) is 2.75. The van der Waals surface area contributed by atoms with E-state index in [4.69, 9.17) is 5.11 Å². The molecule has 1 fully saturated rings. The predicted molar refractivity (Wildman–Crippen MR) is 83.0 cm³/mol. The number of aliphatic hydroxyl groups excluding tert-OH is 1. The molecule has 1 aliphatic rings. The number of para-hydroxylation sites is 1. The summed E-state index contributed by atoms with van der Waals surface area (Å²) < 4.78 is 0. The van der Waals surface area contributed by atoms with Gasteiger partial charge in [-0.2, -0.15) is 0 Å². The Bertz CT molecular complexity index is 541. The molecule has 1 aromatic carbocycles. The standard InChI is InChI=1S/C17H24N2O/c20-12-4-3-9-19-10-7-14(8-11-19)16-13-18-17-6-2-1-5-15(16)17/h1-2,5-6,13-14,18,20H,3-4,7-12H2. The number of unbranched alkanes of at least 4 members (excludes halogenated alkanes) is 1. The summed E-state index contributed by atoms with van der Waals surface area (Å²) in [6.45, 7) is 3.85. The summed E-state index contributed by atoms with van der Waals surface area (Å²) in [6.07, 6.45) is 6.76. The SMILES string of the molecule is OCCCCN1CCC(c2c[nH]c3ccccc23)CC1. The molecule has 0 amide bonds. The second-order valence-corrected chi connectivity index (χ2v) is 5.84. The number of H-pyrrole nitrogens is 1. The number of hydrogen-bond donors (Lipinski definition) is 2. The first-order valence-electron chi connectivity index (χ1n) is 7.77. The van der Waals surface area contributed by atoms with E-state index in [0.29, 0.717) is 12.5 Å². The molecule has 2 heterocycles. The van der Waals surface area contributed by atoms with Gasteiger partial charge in [-0.3, -0.25) is 0 Å². The van der Waals surface area contributed by atoms with Crippen molar-refractivity contribution in [2.45, 2.75) is 31.6 Å². The molecule has 0 spiro atoms. The van der Waals surface area contributed by atoms with Crippen LogP contribution in [0.1, 0.15) is 37.2 Å². The highest BCUT2D eigenvalue weighted by atomic mass is 16.2. The normalized spacial score (nSPS) is 17.9. The van der Waals surface area contributed by atoms with Crippen LogP contribution in [-0.2, 0) is 0 Å². The van der Waals surface area contributed by atoms with Gasteiger partial charge in [-0.25, -0.2) is 0 Å². The Kier molecular flexibility index (Phi) is 4.38. The highest BCUT2D eigenvalue weighted by molar-refractivity contribution is 5.83. The number of aromatic nitrogens is 1. The van der Waals surface area contributed by atoms with Gasteiger partial charge in [0, 0.05) is 23.7 Å². The van der Waals surface area contributed by atoms with Crippen molar-refractivity contribution in [1.29, 1.82) is 0 Å². The molecule has 0 saturated carbocycles. The maximum atomic E-state index is 8.84. The zero-order valence-corrected chi connectivity index (χ0v) is 12.0. The van der Waals surface area contributed by atoms with Gasteiger partial charge in [0.2, 0.25) is 0 Å². The van der Waals surface area contributed by atoms with E-state index in [1.54, 1.807) is 0 Å². The summed E-state index contributed by atoms with van der Waals surface area (Å²) in [5, 5.41) is 10.2. The Balaban J connectivity index is 1.60. The van der Waals surface area contributed by atoms with Crippen molar-refractivity contribution in [3.63, 3.8) is 0 Å². The first-order chi connectivity index (χ1) is 9.88. The first-order valence-corrected chi connectivity index (χ1v) is 7.77. The van der Waals surface area contributed by atoms with Crippen molar-refractivity contribution in [2.75, 3.05) is 26.2 Å². The largest absolute Gasteiger partial charge is 0.396 e. The van der Waals surface area contributed by atoms with Crippen LogP contribution in [0.5, 0.6) is 0 Å². The van der Waals surface area contributed by atoms with Gasteiger partial charge in [0.05, 0.1) is 0 Å². The van der Waals surface area contributed by atoms with E-state index < -0.39 is 0 Å². The summed E-state index contributed by atoms with van der Waals surface area (Å²) >= 11 is 0. The fourth-order valence-electron chi connectivity index (χ4n) is 3.35. The van der Waals surface area contributed by atoms with Gasteiger partial charge >= 0.3 is 0 Å². The average molecular weight is 272 g/mol. The van der Waals surface area contributed by atoms with Gasteiger partial charge in [-0.05, 0) is 62.9 Å². The fraction of sp³-hybridized carbons (Fsp3) is 0.529. The van der Waals surface area contributed by atoms with Crippen molar-refractivity contribution < 1.29 is 5.11 Å². The van der Waals surface area contributed by atoms with Crippen molar-refractivity contribution in [2.24, 2.45) is 0 Å². The third kappa shape index (κ3) is 2.89. The highest BCUT2D eigenvalue weighted by Crippen LogP contribution is 2.33. The molecular weight excluding hydrogens is 248 g/mol. The van der Waals surface area contributed by atoms with Gasteiger partial charge in [0.25, 0.3) is 0 Å². The summed E-state index contributed by atoms with van der Waals surface area (Å²) in [5.74, 6) is 0.695. The van der Waals surface area contributed by atoms with Crippen LogP contribution in [0.15, 0.2) is 30.5 Å². The van der Waals surface area contributed by atoms with Gasteiger partial charge in [-0.15, -0.1) is 0 Å². The zero-order valence-electron chi connectivity index (χ0n) is 12.0. The Labute approximate surface area is 120 Å². The summed E-state index contributed by atoms with van der Waals surface area (Å²) in [6, 6.07) is 8.60. The van der Waals surface area contributed by atoms with E-state index in [1.807, 2.05) is 0 Å². The third-order valence-electron chi connectivity index (χ3n) is 4.53. The number of likely N-dealkylation sites (tertiary alicyclic amines) is 1. The molecule has 2 aromatic rings. The number of rotatable bonds is 5. The van der Waals surface area contributed by atoms with Gasteiger partial charge in [0.15, 0.2) is 0 Å². The predicted octanol–water partition coefficient (Wildman–Crippen LogP) is 3.12. The van der Waals surface area contributed by atoms with Crippen LogP contribution in [0.3, 0.4) is 0 Å². The maximum absolute atomic E-state index is 8.84. The number of benzene rings is 1. The number of fused-ring (bicyclic) bond motifs is 1. The molecule has 0 aliphatic carbocycles. The smallest absolute Gasteiger partial charge is 0.0456 e. The number of nitrogens with one attached hydrogen (secondary N) is 1. The van der Waals surface area contributed by atoms with Crippen LogP contribution in [0, 0.1) is 0 Å². The number of aromatic amines is 1. The van der Waals surface area contributed by atoms with Crippen molar-refractivity contribution in [3.05, 3.63) is 36.0 Å². The molecule has 108 valence electrons. The molecule has 3 rings (SSSR count). The summed E-state index contributed by atoms with van der Waals surface area (Å²) in [7, 11) is 0. The van der Waals surface area contributed by atoms with Crippen LogP contribution in [0.4, 0.5) is 0 Å². The molecule has 3 heteroatoms. The molecule has 2 N–H and O–H groups in total. The van der Waals surface area contributed by atoms with Gasteiger partial charge in [0.1, 0.15) is 0 Å². The Hall–Kier alpha value is -1.32. The molecule has 0 bridgehead atoms. The van der Waals surface area contributed by atoms with E-state index in [1.165, 1.54) is 42.4 Å². The second kappa shape index (κ2) is 6.42. The molecule has 0 radical (unpaired) electrons. The average Bonchev–Trinajstić information content (AvgIpc) is 2.92. The van der Waals surface area contributed by atoms with Crippen LogP contribution in [-0.4, -0.2) is 41.2 Å². The maximum Gasteiger partial charge on any atom is 0.0456 e. The number of nitrogens with zero attached hydrogens (tertiary/aromatic N) is 1. The lowest BCUT2D eigenvalue weighted by Crippen LogP contribution is -2.33. The van der Waals surface area contributed by atoms with Crippen molar-refractivity contribution in [3.8, 4) is 0 Å². The monoisotopic (exact) mass is 272 g/mol. The molecule has 20 heavy (non-hydrogen) atoms. The van der Waals surface area contributed by atoms with Crippen molar-refractivity contribution in [1.82, 2.24) is 9.88 Å². The molecule has 0 atom stereocenters. The Morgan fingerprint density at radius 1 is 1.15 bits per heavy atom. The lowest BCUT2D eigenvalue weighted by molar-refractivity contribution is 0.200. The lowest BCUT2D eigenvalue weighted by Gasteiger charge is -2.31. The van der Waals surface area contributed by atoms with Crippen LogP contribution >= 0.6 is 0 Å². The summed E-state index contributed by atoms with van der Waals surface area (Å²) in [4.78, 5) is 5.94. The molecule has 1 aromatic heterocycles. The number of piperidine rings is 1. The van der Waals surface area contributed by atoms with E-state index in [0.717, 1.165) is 19.4 Å². The van der Waals surface area contributed by atoms with Crippen LogP contribution < -0.4 is 0 Å². The van der Waals surface area contributed by atoms with E-state index in [2.05, 4.69) is 40.3 Å². The fourth-order valence-corrected chi connectivity index (χ4v) is 3.35. The third-order valence-corrected chi connectivity index (χ3v) is 4.53. The van der Waals surface area contributed by atoms with Crippen LogP contribution in [0.2, 0.25) is 0 Å². The second-order valence-electron chi connectivity index (χ2n) is 5.84. The molecule has 0 unspecified atom stereocenters. The van der Waals surface area contributed by atoms with E-state index in [-0.39, 0.29) is 0 Å². The lowest BCUT2D eigenvalue weighted by atomic mass is 9.89. The molecule has 3 nitrogen and oxygen atoms in total. The zero-order chi connectivity index (χ0) is 13.8. The van der Waals surface area contributed by atoms with Gasteiger partial charge < -0.3 is 15.0 Å². The van der Waals surface area contributed by atoms with E-state index in [9.17, 15) is 0 Å². The molecular formula is C17H24N2O. The van der Waals surface area contributed by atoms with Crippen LogP contribution in [0.25, 0.3) is 10.9 Å². The Morgan fingerprint density at radius 3 is 2.75 bits per heavy atom. The molecule has 1 saturated heterocycles. The van der Waals surface area contributed by atoms with Gasteiger partial charge in [-0.1, -0.05) is 18.2 Å². The number of aliphatic hydroxyl groups is 1. The minimum absolute atomic E-state index is 0.325. The van der Waals surface area contributed by atoms with E-state index >= 15 is 0 Å². The topological polar surface area (TPSA) is 39.3 Å². The Morgan fingerprint density at radius 2 is 1.95 bits per heavy atom. The highest BCUT2D eigenvalue weighted by Gasteiger charge is 2.22. The number of hydrogen-bond acceptors (Lipinski definition) is 2.